The minimum absolute atomic E-state index is 0.130. The predicted octanol–water partition coefficient (Wildman–Crippen LogP) is 2.03. The minimum Gasteiger partial charge on any atom is -0.324 e. The van der Waals surface area contributed by atoms with E-state index < -0.39 is 0 Å². The molecular formula is C14H22ClN3. The first kappa shape index (κ1) is 13.8. The van der Waals surface area contributed by atoms with E-state index in [1.54, 1.807) is 0 Å². The van der Waals surface area contributed by atoms with Gasteiger partial charge in [-0.25, -0.2) is 0 Å². The van der Waals surface area contributed by atoms with Crippen molar-refractivity contribution < 1.29 is 0 Å². The van der Waals surface area contributed by atoms with Crippen LogP contribution in [0.25, 0.3) is 0 Å². The van der Waals surface area contributed by atoms with Gasteiger partial charge in [0.15, 0.2) is 0 Å². The van der Waals surface area contributed by atoms with Crippen LogP contribution in [0.15, 0.2) is 24.3 Å². The lowest BCUT2D eigenvalue weighted by atomic mass is 10.0. The molecule has 18 heavy (non-hydrogen) atoms. The highest BCUT2D eigenvalue weighted by molar-refractivity contribution is 6.30. The zero-order valence-electron chi connectivity index (χ0n) is 10.7. The Morgan fingerprint density at radius 2 is 1.89 bits per heavy atom. The van der Waals surface area contributed by atoms with Gasteiger partial charge in [-0.15, -0.1) is 0 Å². The van der Waals surface area contributed by atoms with Gasteiger partial charge in [-0.3, -0.25) is 0 Å². The average Bonchev–Trinajstić information content (AvgIpc) is 2.40. The molecule has 100 valence electrons. The fraction of sp³-hybridized carbons (Fsp3) is 0.571. The van der Waals surface area contributed by atoms with Gasteiger partial charge in [0, 0.05) is 37.2 Å². The first-order chi connectivity index (χ1) is 8.75. The summed E-state index contributed by atoms with van der Waals surface area (Å²) in [6.07, 6.45) is 2.19. The summed E-state index contributed by atoms with van der Waals surface area (Å²) in [6, 6.07) is 8.00. The van der Waals surface area contributed by atoms with E-state index >= 15 is 0 Å². The van der Waals surface area contributed by atoms with E-state index in [0.717, 1.165) is 50.6 Å². The molecule has 0 aliphatic carbocycles. The zero-order chi connectivity index (χ0) is 12.8. The Morgan fingerprint density at radius 1 is 1.22 bits per heavy atom. The van der Waals surface area contributed by atoms with E-state index in [9.17, 15) is 0 Å². The fourth-order valence-corrected chi connectivity index (χ4v) is 2.47. The topological polar surface area (TPSA) is 41.3 Å². The molecule has 1 aliphatic rings. The van der Waals surface area contributed by atoms with Gasteiger partial charge in [0.2, 0.25) is 0 Å². The molecule has 0 spiro atoms. The Morgan fingerprint density at radius 3 is 2.56 bits per heavy atom. The first-order valence-electron chi connectivity index (χ1n) is 6.70. The summed E-state index contributed by atoms with van der Waals surface area (Å²) in [6.45, 7) is 5.71. The molecule has 3 N–H and O–H groups in total. The third kappa shape index (κ3) is 4.25. The van der Waals surface area contributed by atoms with Crippen molar-refractivity contribution in [2.75, 3.05) is 32.7 Å². The second-order valence-corrected chi connectivity index (χ2v) is 5.33. The second kappa shape index (κ2) is 7.10. The van der Waals surface area contributed by atoms with Crippen molar-refractivity contribution in [1.82, 2.24) is 10.2 Å². The van der Waals surface area contributed by atoms with Gasteiger partial charge in [0.1, 0.15) is 0 Å². The molecule has 1 unspecified atom stereocenters. The van der Waals surface area contributed by atoms with Crippen LogP contribution < -0.4 is 11.1 Å². The quantitative estimate of drug-likeness (QED) is 0.858. The molecule has 1 fully saturated rings. The monoisotopic (exact) mass is 267 g/mol. The summed E-state index contributed by atoms with van der Waals surface area (Å²) >= 11 is 5.87. The maximum absolute atomic E-state index is 6.19. The Balaban J connectivity index is 1.70. The summed E-state index contributed by atoms with van der Waals surface area (Å²) in [5.41, 5.74) is 7.37. The van der Waals surface area contributed by atoms with Crippen LogP contribution >= 0.6 is 11.6 Å². The number of halogens is 1. The molecule has 0 amide bonds. The molecule has 1 aromatic rings. The molecule has 1 aliphatic heterocycles. The number of rotatable bonds is 5. The van der Waals surface area contributed by atoms with Crippen molar-refractivity contribution in [3.05, 3.63) is 34.9 Å². The maximum atomic E-state index is 6.19. The molecule has 2 rings (SSSR count). The number of nitrogens with zero attached hydrogens (tertiary/aromatic N) is 1. The molecule has 1 saturated heterocycles. The molecule has 3 nitrogen and oxygen atoms in total. The Labute approximate surface area is 114 Å². The van der Waals surface area contributed by atoms with Crippen molar-refractivity contribution in [1.29, 1.82) is 0 Å². The van der Waals surface area contributed by atoms with Gasteiger partial charge in [-0.2, -0.15) is 0 Å². The summed E-state index contributed by atoms with van der Waals surface area (Å²) in [7, 11) is 0. The molecule has 1 atom stereocenters. The predicted molar refractivity (Wildman–Crippen MR) is 76.9 cm³/mol. The van der Waals surface area contributed by atoms with Crippen molar-refractivity contribution >= 4 is 11.6 Å². The van der Waals surface area contributed by atoms with E-state index in [-0.39, 0.29) is 6.04 Å². The number of nitrogens with one attached hydrogen (secondary N) is 1. The SMILES string of the molecule is NC(CCCN1CCNCC1)c1ccc(Cl)cc1. The highest BCUT2D eigenvalue weighted by atomic mass is 35.5. The largest absolute Gasteiger partial charge is 0.324 e. The van der Waals surface area contributed by atoms with Crippen LogP contribution in [0.4, 0.5) is 0 Å². The van der Waals surface area contributed by atoms with E-state index in [0.29, 0.717) is 0 Å². The van der Waals surface area contributed by atoms with Gasteiger partial charge >= 0.3 is 0 Å². The average molecular weight is 268 g/mol. The van der Waals surface area contributed by atoms with Crippen molar-refractivity contribution in [3.63, 3.8) is 0 Å². The highest BCUT2D eigenvalue weighted by Crippen LogP contribution is 2.18. The number of hydrogen-bond donors (Lipinski definition) is 2. The number of benzene rings is 1. The fourth-order valence-electron chi connectivity index (χ4n) is 2.35. The van der Waals surface area contributed by atoms with Gasteiger partial charge < -0.3 is 16.0 Å². The first-order valence-corrected chi connectivity index (χ1v) is 7.07. The van der Waals surface area contributed by atoms with Crippen LogP contribution in [0.3, 0.4) is 0 Å². The molecule has 4 heteroatoms. The van der Waals surface area contributed by atoms with E-state index in [2.05, 4.69) is 10.2 Å². The van der Waals surface area contributed by atoms with Crippen LogP contribution in [0, 0.1) is 0 Å². The van der Waals surface area contributed by atoms with Crippen LogP contribution in [-0.2, 0) is 0 Å². The Kier molecular flexibility index (Phi) is 5.45. The third-order valence-electron chi connectivity index (χ3n) is 3.50. The van der Waals surface area contributed by atoms with Crippen LogP contribution in [-0.4, -0.2) is 37.6 Å². The highest BCUT2D eigenvalue weighted by Gasteiger charge is 2.10. The number of nitrogens with two attached hydrogens (primary N) is 1. The second-order valence-electron chi connectivity index (χ2n) is 4.89. The molecule has 1 heterocycles. The van der Waals surface area contributed by atoms with Gasteiger partial charge in [0.05, 0.1) is 0 Å². The minimum atomic E-state index is 0.130. The maximum Gasteiger partial charge on any atom is 0.0406 e. The van der Waals surface area contributed by atoms with Gasteiger partial charge in [0.25, 0.3) is 0 Å². The third-order valence-corrected chi connectivity index (χ3v) is 3.75. The molecular weight excluding hydrogens is 246 g/mol. The molecule has 0 saturated carbocycles. The van der Waals surface area contributed by atoms with Crippen molar-refractivity contribution in [2.45, 2.75) is 18.9 Å². The number of piperazine rings is 1. The summed E-state index contributed by atoms with van der Waals surface area (Å²) in [5.74, 6) is 0. The summed E-state index contributed by atoms with van der Waals surface area (Å²) in [5, 5.41) is 4.14. The lowest BCUT2D eigenvalue weighted by molar-refractivity contribution is 0.235. The number of hydrogen-bond acceptors (Lipinski definition) is 3. The van der Waals surface area contributed by atoms with Crippen molar-refractivity contribution in [2.24, 2.45) is 5.73 Å². The molecule has 0 radical (unpaired) electrons. The molecule has 1 aromatic carbocycles. The molecule has 0 aromatic heterocycles. The smallest absolute Gasteiger partial charge is 0.0406 e. The van der Waals surface area contributed by atoms with E-state index in [1.807, 2.05) is 24.3 Å². The zero-order valence-corrected chi connectivity index (χ0v) is 11.5. The lowest BCUT2D eigenvalue weighted by Gasteiger charge is -2.27. The lowest BCUT2D eigenvalue weighted by Crippen LogP contribution is -2.43. The summed E-state index contributed by atoms with van der Waals surface area (Å²) in [4.78, 5) is 2.51. The van der Waals surface area contributed by atoms with Gasteiger partial charge in [-0.1, -0.05) is 23.7 Å². The van der Waals surface area contributed by atoms with Crippen LogP contribution in [0.2, 0.25) is 5.02 Å². The van der Waals surface area contributed by atoms with Crippen LogP contribution in [0.5, 0.6) is 0 Å². The van der Waals surface area contributed by atoms with E-state index in [1.165, 1.54) is 5.56 Å². The normalized spacial score (nSPS) is 18.8. The van der Waals surface area contributed by atoms with E-state index in [4.69, 9.17) is 17.3 Å². The standard InChI is InChI=1S/C14H22ClN3/c15-13-5-3-12(4-6-13)14(16)2-1-9-18-10-7-17-8-11-18/h3-6,14,17H,1-2,7-11,16H2. The Bertz CT molecular complexity index is 347. The Hall–Kier alpha value is -0.610. The van der Waals surface area contributed by atoms with Crippen molar-refractivity contribution in [3.8, 4) is 0 Å². The van der Waals surface area contributed by atoms with Gasteiger partial charge in [-0.05, 0) is 37.1 Å². The molecule has 0 bridgehead atoms. The summed E-state index contributed by atoms with van der Waals surface area (Å²) < 4.78 is 0. The van der Waals surface area contributed by atoms with Crippen LogP contribution in [0.1, 0.15) is 24.4 Å².